The third-order valence-electron chi connectivity index (χ3n) is 6.68. The molecule has 8 heteroatoms. The van der Waals surface area contributed by atoms with Crippen molar-refractivity contribution in [2.75, 3.05) is 24.5 Å². The molecule has 0 radical (unpaired) electrons. The lowest BCUT2D eigenvalue weighted by atomic mass is 10.0. The second kappa shape index (κ2) is 9.65. The number of anilines is 1. The number of nitrogens with one attached hydrogen (secondary N) is 1. The van der Waals surface area contributed by atoms with Gasteiger partial charge in [0.2, 0.25) is 21.8 Å². The minimum atomic E-state index is -3.54. The smallest absolute Gasteiger partial charge is 0.243 e. The Hall–Kier alpha value is -2.71. The summed E-state index contributed by atoms with van der Waals surface area (Å²) < 4.78 is 27.4. The third-order valence-corrected chi connectivity index (χ3v) is 8.60. The van der Waals surface area contributed by atoms with Gasteiger partial charge in [0.05, 0.1) is 16.9 Å². The lowest BCUT2D eigenvalue weighted by Crippen LogP contribution is -2.37. The lowest BCUT2D eigenvalue weighted by molar-refractivity contribution is -0.126. The number of piperidine rings is 1. The third kappa shape index (κ3) is 5.12. The van der Waals surface area contributed by atoms with Crippen LogP contribution in [0.25, 0.3) is 0 Å². The van der Waals surface area contributed by atoms with Crippen LogP contribution in [0.15, 0.2) is 59.5 Å². The molecule has 33 heavy (non-hydrogen) atoms. The number of sulfonamides is 1. The Morgan fingerprint density at radius 2 is 1.67 bits per heavy atom. The molecular weight excluding hydrogens is 438 g/mol. The maximum Gasteiger partial charge on any atom is 0.243 e. The predicted molar refractivity (Wildman–Crippen MR) is 127 cm³/mol. The van der Waals surface area contributed by atoms with E-state index in [0.717, 1.165) is 18.4 Å². The Bertz CT molecular complexity index is 1090. The summed E-state index contributed by atoms with van der Waals surface area (Å²) in [6, 6.07) is 16.0. The van der Waals surface area contributed by atoms with E-state index >= 15 is 0 Å². The first kappa shape index (κ1) is 23.4. The molecular formula is C25H31N3O4S. The van der Waals surface area contributed by atoms with Gasteiger partial charge >= 0.3 is 0 Å². The van der Waals surface area contributed by atoms with E-state index in [1.165, 1.54) is 4.31 Å². The molecule has 2 saturated heterocycles. The Balaban J connectivity index is 1.40. The summed E-state index contributed by atoms with van der Waals surface area (Å²) >= 11 is 0. The standard InChI is InChI=1S/C25H31N3O4S/c1-18-12-14-27(15-13-18)33(31,32)23-10-8-22(9-11-23)28-17-21(16-24(28)29)25(30)26-19(2)20-6-4-3-5-7-20/h3-11,18-19,21H,12-17H2,1-2H3,(H,26,30)/t19-,21-/m1/s1. The van der Waals surface area contributed by atoms with E-state index in [4.69, 9.17) is 0 Å². The molecule has 2 amide bonds. The van der Waals surface area contributed by atoms with Crippen LogP contribution in [0.3, 0.4) is 0 Å². The number of nitrogens with zero attached hydrogens (tertiary/aromatic N) is 2. The minimum absolute atomic E-state index is 0.136. The number of hydrogen-bond donors (Lipinski definition) is 1. The molecule has 0 bridgehead atoms. The summed E-state index contributed by atoms with van der Waals surface area (Å²) in [5.41, 5.74) is 1.62. The molecule has 4 rings (SSSR count). The normalized spacial score (nSPS) is 21.2. The van der Waals surface area contributed by atoms with Crippen LogP contribution in [-0.2, 0) is 19.6 Å². The van der Waals surface area contributed by atoms with Crippen molar-refractivity contribution < 1.29 is 18.0 Å². The van der Waals surface area contributed by atoms with E-state index in [1.807, 2.05) is 37.3 Å². The van der Waals surface area contributed by atoms with E-state index in [1.54, 1.807) is 29.2 Å². The predicted octanol–water partition coefficient (Wildman–Crippen LogP) is 3.34. The van der Waals surface area contributed by atoms with Gasteiger partial charge in [-0.15, -0.1) is 0 Å². The second-order valence-corrected chi connectivity index (χ2v) is 11.1. The quantitative estimate of drug-likeness (QED) is 0.703. The topological polar surface area (TPSA) is 86.8 Å². The summed E-state index contributed by atoms with van der Waals surface area (Å²) in [6.45, 7) is 5.41. The summed E-state index contributed by atoms with van der Waals surface area (Å²) in [7, 11) is -3.54. The number of rotatable bonds is 6. The molecule has 2 aliphatic rings. The summed E-state index contributed by atoms with van der Waals surface area (Å²) in [4.78, 5) is 27.2. The van der Waals surface area contributed by atoms with Crippen LogP contribution in [0.5, 0.6) is 0 Å². The van der Waals surface area contributed by atoms with E-state index in [0.29, 0.717) is 24.7 Å². The van der Waals surface area contributed by atoms with E-state index in [9.17, 15) is 18.0 Å². The van der Waals surface area contributed by atoms with Crippen LogP contribution in [0, 0.1) is 11.8 Å². The maximum atomic E-state index is 12.9. The van der Waals surface area contributed by atoms with E-state index < -0.39 is 15.9 Å². The van der Waals surface area contributed by atoms with Gasteiger partial charge < -0.3 is 10.2 Å². The van der Waals surface area contributed by atoms with E-state index in [-0.39, 0.29) is 35.7 Å². The molecule has 1 N–H and O–H groups in total. The van der Waals surface area contributed by atoms with Crippen molar-refractivity contribution in [3.05, 3.63) is 60.2 Å². The molecule has 2 fully saturated rings. The van der Waals surface area contributed by atoms with Gasteiger partial charge in [-0.2, -0.15) is 4.31 Å². The van der Waals surface area contributed by atoms with E-state index in [2.05, 4.69) is 12.2 Å². The average Bonchev–Trinajstić information content (AvgIpc) is 3.22. The van der Waals surface area contributed by atoms with Gasteiger partial charge in [0.1, 0.15) is 0 Å². The Morgan fingerprint density at radius 3 is 2.30 bits per heavy atom. The van der Waals surface area contributed by atoms with Gasteiger partial charge in [-0.1, -0.05) is 37.3 Å². The number of carbonyl (C=O) groups is 2. The molecule has 2 atom stereocenters. The summed E-state index contributed by atoms with van der Waals surface area (Å²) in [6.07, 6.45) is 1.87. The molecule has 0 unspecified atom stereocenters. The zero-order valence-electron chi connectivity index (χ0n) is 19.1. The summed E-state index contributed by atoms with van der Waals surface area (Å²) in [5.74, 6) is -0.188. The van der Waals surface area contributed by atoms with Crippen molar-refractivity contribution in [2.24, 2.45) is 11.8 Å². The van der Waals surface area contributed by atoms with Gasteiger partial charge in [0, 0.05) is 31.7 Å². The monoisotopic (exact) mass is 469 g/mol. The molecule has 2 heterocycles. The van der Waals surface area contributed by atoms with Crippen molar-refractivity contribution in [1.29, 1.82) is 0 Å². The zero-order valence-corrected chi connectivity index (χ0v) is 19.9. The molecule has 0 spiro atoms. The number of carbonyl (C=O) groups excluding carboxylic acids is 2. The minimum Gasteiger partial charge on any atom is -0.349 e. The van der Waals surface area contributed by atoms with Crippen LogP contribution in [-0.4, -0.2) is 44.2 Å². The molecule has 2 aromatic rings. The van der Waals surface area contributed by atoms with Crippen LogP contribution < -0.4 is 10.2 Å². The van der Waals surface area contributed by atoms with Crippen molar-refractivity contribution in [1.82, 2.24) is 9.62 Å². The SMILES string of the molecule is CC1CCN(S(=O)(=O)c2ccc(N3C[C@H](C(=O)N[C@H](C)c4ccccc4)CC3=O)cc2)CC1. The maximum absolute atomic E-state index is 12.9. The fraction of sp³-hybridized carbons (Fsp3) is 0.440. The summed E-state index contributed by atoms with van der Waals surface area (Å²) in [5, 5.41) is 3.00. The van der Waals surface area contributed by atoms with Crippen molar-refractivity contribution in [3.8, 4) is 0 Å². The molecule has 2 aliphatic heterocycles. The molecule has 0 aromatic heterocycles. The number of hydrogen-bond acceptors (Lipinski definition) is 4. The number of amides is 2. The van der Waals surface area contributed by atoms with Gasteiger partial charge in [-0.3, -0.25) is 9.59 Å². The Kier molecular flexibility index (Phi) is 6.86. The highest BCUT2D eigenvalue weighted by Crippen LogP contribution is 2.29. The molecule has 7 nitrogen and oxygen atoms in total. The Labute approximate surface area is 195 Å². The zero-order chi connectivity index (χ0) is 23.6. The van der Waals surface area contributed by atoms with Crippen molar-refractivity contribution >= 4 is 27.5 Å². The van der Waals surface area contributed by atoms with Gasteiger partial charge in [-0.05, 0) is 55.5 Å². The molecule has 2 aromatic carbocycles. The Morgan fingerprint density at radius 1 is 1.03 bits per heavy atom. The molecule has 0 aliphatic carbocycles. The van der Waals surface area contributed by atoms with Crippen LogP contribution in [0.1, 0.15) is 44.7 Å². The average molecular weight is 470 g/mol. The van der Waals surface area contributed by atoms with Gasteiger partial charge in [0.25, 0.3) is 0 Å². The molecule has 176 valence electrons. The highest BCUT2D eigenvalue weighted by Gasteiger charge is 2.36. The largest absolute Gasteiger partial charge is 0.349 e. The number of benzene rings is 2. The van der Waals surface area contributed by atoms with Gasteiger partial charge in [-0.25, -0.2) is 8.42 Å². The first-order valence-corrected chi connectivity index (χ1v) is 13.0. The van der Waals surface area contributed by atoms with Crippen LogP contribution >= 0.6 is 0 Å². The fourth-order valence-electron chi connectivity index (χ4n) is 4.46. The van der Waals surface area contributed by atoms with Crippen molar-refractivity contribution in [2.45, 2.75) is 44.0 Å². The highest BCUT2D eigenvalue weighted by molar-refractivity contribution is 7.89. The van der Waals surface area contributed by atoms with Crippen LogP contribution in [0.2, 0.25) is 0 Å². The lowest BCUT2D eigenvalue weighted by Gasteiger charge is -2.29. The van der Waals surface area contributed by atoms with Crippen LogP contribution in [0.4, 0.5) is 5.69 Å². The first-order chi connectivity index (χ1) is 15.8. The fourth-order valence-corrected chi connectivity index (χ4v) is 5.93. The van der Waals surface area contributed by atoms with Gasteiger partial charge in [0.15, 0.2) is 0 Å². The molecule has 0 saturated carbocycles. The first-order valence-electron chi connectivity index (χ1n) is 11.5. The second-order valence-electron chi connectivity index (χ2n) is 9.13. The highest BCUT2D eigenvalue weighted by atomic mass is 32.2. The van der Waals surface area contributed by atoms with Crippen molar-refractivity contribution in [3.63, 3.8) is 0 Å².